The Hall–Kier alpha value is -1.89. The Morgan fingerprint density at radius 2 is 1.60 bits per heavy atom. The second-order valence-corrected chi connectivity index (χ2v) is 6.28. The topological polar surface area (TPSA) is 17.1 Å². The SMILES string of the molecule is CC(C)C1=CC(=O)C2=Cc3ccc(C(C)C)cc3C2=C1. The molecule has 1 aromatic rings. The van der Waals surface area contributed by atoms with Crippen LogP contribution in [-0.4, -0.2) is 5.78 Å². The smallest absolute Gasteiger partial charge is 0.186 e. The van der Waals surface area contributed by atoms with Crippen molar-refractivity contribution >= 4 is 17.4 Å². The molecule has 0 atom stereocenters. The van der Waals surface area contributed by atoms with E-state index in [1.165, 1.54) is 16.7 Å². The monoisotopic (exact) mass is 264 g/mol. The third-order valence-corrected chi connectivity index (χ3v) is 4.17. The first-order valence-electron chi connectivity index (χ1n) is 7.31. The Labute approximate surface area is 120 Å². The Bertz CT molecular complexity index is 682. The molecule has 1 heteroatoms. The first kappa shape index (κ1) is 13.1. The molecule has 2 aliphatic rings. The third-order valence-electron chi connectivity index (χ3n) is 4.17. The molecular formula is C19H20O. The van der Waals surface area contributed by atoms with E-state index in [-0.39, 0.29) is 5.78 Å². The normalized spacial score (nSPS) is 16.9. The zero-order valence-electron chi connectivity index (χ0n) is 12.5. The highest BCUT2D eigenvalue weighted by Crippen LogP contribution is 2.41. The molecule has 20 heavy (non-hydrogen) atoms. The van der Waals surface area contributed by atoms with Gasteiger partial charge in [-0.25, -0.2) is 0 Å². The summed E-state index contributed by atoms with van der Waals surface area (Å²) in [5, 5.41) is 0. The lowest BCUT2D eigenvalue weighted by molar-refractivity contribution is -0.111. The Kier molecular flexibility index (Phi) is 3.01. The largest absolute Gasteiger partial charge is 0.289 e. The number of carbonyl (C=O) groups excluding carboxylic acids is 1. The number of benzene rings is 1. The summed E-state index contributed by atoms with van der Waals surface area (Å²) in [6.45, 7) is 8.66. The van der Waals surface area contributed by atoms with E-state index >= 15 is 0 Å². The maximum Gasteiger partial charge on any atom is 0.186 e. The highest BCUT2D eigenvalue weighted by atomic mass is 16.1. The van der Waals surface area contributed by atoms with E-state index in [0.717, 1.165) is 16.7 Å². The zero-order valence-corrected chi connectivity index (χ0v) is 12.5. The van der Waals surface area contributed by atoms with Crippen LogP contribution in [-0.2, 0) is 4.79 Å². The van der Waals surface area contributed by atoms with Gasteiger partial charge in [0.2, 0.25) is 0 Å². The first-order valence-corrected chi connectivity index (χ1v) is 7.31. The van der Waals surface area contributed by atoms with Gasteiger partial charge in [-0.05, 0) is 57.9 Å². The zero-order chi connectivity index (χ0) is 14.4. The Morgan fingerprint density at radius 3 is 2.25 bits per heavy atom. The summed E-state index contributed by atoms with van der Waals surface area (Å²) in [4.78, 5) is 12.3. The molecule has 0 bridgehead atoms. The highest BCUT2D eigenvalue weighted by molar-refractivity contribution is 6.24. The predicted molar refractivity (Wildman–Crippen MR) is 84.4 cm³/mol. The molecule has 0 aliphatic heterocycles. The molecule has 2 aliphatic carbocycles. The van der Waals surface area contributed by atoms with Crippen LogP contribution in [0.15, 0.2) is 41.5 Å². The van der Waals surface area contributed by atoms with E-state index in [1.807, 2.05) is 6.08 Å². The molecule has 0 N–H and O–H groups in total. The van der Waals surface area contributed by atoms with Gasteiger partial charge in [0.25, 0.3) is 0 Å². The van der Waals surface area contributed by atoms with Gasteiger partial charge in [-0.15, -0.1) is 0 Å². The second kappa shape index (κ2) is 4.59. The number of rotatable bonds is 2. The Balaban J connectivity index is 2.14. The fourth-order valence-electron chi connectivity index (χ4n) is 2.80. The van der Waals surface area contributed by atoms with Crippen LogP contribution in [0.1, 0.15) is 50.3 Å². The van der Waals surface area contributed by atoms with E-state index in [0.29, 0.717) is 11.8 Å². The van der Waals surface area contributed by atoms with Gasteiger partial charge in [0, 0.05) is 5.57 Å². The molecule has 0 saturated carbocycles. The summed E-state index contributed by atoms with van der Waals surface area (Å²) in [5.41, 5.74) is 6.80. The van der Waals surface area contributed by atoms with Crippen molar-refractivity contribution in [2.75, 3.05) is 0 Å². The van der Waals surface area contributed by atoms with Crippen LogP contribution in [0.4, 0.5) is 0 Å². The molecule has 1 nitrogen and oxygen atoms in total. The van der Waals surface area contributed by atoms with E-state index in [1.54, 1.807) is 6.08 Å². The molecule has 0 heterocycles. The molecular weight excluding hydrogens is 244 g/mol. The van der Waals surface area contributed by atoms with Crippen molar-refractivity contribution in [1.29, 1.82) is 0 Å². The number of fused-ring (bicyclic) bond motifs is 3. The lowest BCUT2D eigenvalue weighted by atomic mass is 9.87. The molecule has 0 fully saturated rings. The minimum absolute atomic E-state index is 0.147. The third kappa shape index (κ3) is 1.98. The summed E-state index contributed by atoms with van der Waals surface area (Å²) in [6.07, 6.45) is 6.00. The van der Waals surface area contributed by atoms with Gasteiger partial charge in [0.05, 0.1) is 0 Å². The summed E-state index contributed by atoms with van der Waals surface area (Å²) >= 11 is 0. The van der Waals surface area contributed by atoms with Crippen LogP contribution >= 0.6 is 0 Å². The number of ketones is 1. The average molecular weight is 264 g/mol. The quantitative estimate of drug-likeness (QED) is 0.753. The summed E-state index contributed by atoms with van der Waals surface area (Å²) in [7, 11) is 0. The van der Waals surface area contributed by atoms with Crippen molar-refractivity contribution in [3.05, 3.63) is 58.2 Å². The summed E-state index contributed by atoms with van der Waals surface area (Å²) in [6, 6.07) is 6.55. The van der Waals surface area contributed by atoms with Crippen LogP contribution in [0, 0.1) is 5.92 Å². The first-order chi connectivity index (χ1) is 9.47. The maximum absolute atomic E-state index is 12.3. The molecule has 0 saturated heterocycles. The molecule has 0 amide bonds. The van der Waals surface area contributed by atoms with Gasteiger partial charge < -0.3 is 0 Å². The van der Waals surface area contributed by atoms with Crippen molar-refractivity contribution in [1.82, 2.24) is 0 Å². The number of allylic oxidation sites excluding steroid dienone is 5. The molecule has 1 aromatic carbocycles. The van der Waals surface area contributed by atoms with Crippen molar-refractivity contribution in [2.24, 2.45) is 5.92 Å². The van der Waals surface area contributed by atoms with Gasteiger partial charge in [0.15, 0.2) is 5.78 Å². The van der Waals surface area contributed by atoms with E-state index in [4.69, 9.17) is 0 Å². The van der Waals surface area contributed by atoms with Crippen LogP contribution in [0.2, 0.25) is 0 Å². The average Bonchev–Trinajstić information content (AvgIpc) is 2.77. The summed E-state index contributed by atoms with van der Waals surface area (Å²) < 4.78 is 0. The number of carbonyl (C=O) groups is 1. The Morgan fingerprint density at radius 1 is 0.850 bits per heavy atom. The molecule has 0 spiro atoms. The van der Waals surface area contributed by atoms with Crippen molar-refractivity contribution in [3.63, 3.8) is 0 Å². The minimum atomic E-state index is 0.147. The van der Waals surface area contributed by atoms with Crippen LogP contribution in [0.5, 0.6) is 0 Å². The molecule has 0 unspecified atom stereocenters. The lowest BCUT2D eigenvalue weighted by Gasteiger charge is -2.16. The fourth-order valence-corrected chi connectivity index (χ4v) is 2.80. The molecule has 3 rings (SSSR count). The van der Waals surface area contributed by atoms with Crippen molar-refractivity contribution in [2.45, 2.75) is 33.6 Å². The lowest BCUT2D eigenvalue weighted by Crippen LogP contribution is -2.07. The van der Waals surface area contributed by atoms with Gasteiger partial charge in [-0.1, -0.05) is 45.9 Å². The van der Waals surface area contributed by atoms with Gasteiger partial charge in [0.1, 0.15) is 0 Å². The maximum atomic E-state index is 12.3. The summed E-state index contributed by atoms with van der Waals surface area (Å²) in [5.74, 6) is 1.03. The van der Waals surface area contributed by atoms with E-state index in [9.17, 15) is 4.79 Å². The highest BCUT2D eigenvalue weighted by Gasteiger charge is 2.27. The van der Waals surface area contributed by atoms with E-state index in [2.05, 4.69) is 52.0 Å². The van der Waals surface area contributed by atoms with Gasteiger partial charge >= 0.3 is 0 Å². The van der Waals surface area contributed by atoms with E-state index < -0.39 is 0 Å². The van der Waals surface area contributed by atoms with Crippen LogP contribution < -0.4 is 0 Å². The molecule has 0 radical (unpaired) electrons. The number of hydrogen-bond donors (Lipinski definition) is 0. The van der Waals surface area contributed by atoms with Gasteiger partial charge in [-0.3, -0.25) is 4.79 Å². The van der Waals surface area contributed by atoms with Crippen molar-refractivity contribution < 1.29 is 4.79 Å². The predicted octanol–water partition coefficient (Wildman–Crippen LogP) is 4.76. The molecule has 0 aromatic heterocycles. The standard InChI is InChI=1S/C19H20O/c1-11(2)13-5-6-14-8-18-17(16(14)7-13)9-15(12(3)4)10-19(18)20/h5-12H,1-4H3. The minimum Gasteiger partial charge on any atom is -0.289 e. The second-order valence-electron chi connectivity index (χ2n) is 6.28. The number of hydrogen-bond acceptors (Lipinski definition) is 1. The molecule has 102 valence electrons. The van der Waals surface area contributed by atoms with Gasteiger partial charge in [-0.2, -0.15) is 0 Å². The van der Waals surface area contributed by atoms with Crippen LogP contribution in [0.25, 0.3) is 11.6 Å². The van der Waals surface area contributed by atoms with Crippen LogP contribution in [0.3, 0.4) is 0 Å². The van der Waals surface area contributed by atoms with Crippen molar-refractivity contribution in [3.8, 4) is 0 Å². The fraction of sp³-hybridized carbons (Fsp3) is 0.316.